The van der Waals surface area contributed by atoms with Crippen molar-refractivity contribution in [2.45, 2.75) is 97.2 Å². The van der Waals surface area contributed by atoms with Crippen molar-refractivity contribution in [1.29, 1.82) is 0 Å². The predicted octanol–water partition coefficient (Wildman–Crippen LogP) is 8.21. The van der Waals surface area contributed by atoms with Crippen LogP contribution in [-0.4, -0.2) is 107 Å². The first-order chi connectivity index (χ1) is 25.5. The number of imidazole rings is 2. The molecule has 54 heavy (non-hydrogen) atoms. The lowest BCUT2D eigenvalue weighted by atomic mass is 10.1. The molecule has 0 bridgehead atoms. The van der Waals surface area contributed by atoms with Crippen LogP contribution in [-0.2, 0) is 20.9 Å². The van der Waals surface area contributed by atoms with Gasteiger partial charge in [-0.3, -0.25) is 19.8 Å². The summed E-state index contributed by atoms with van der Waals surface area (Å²) in [5.41, 5.74) is 3.80. The number of hydrogen-bond acceptors (Lipinski definition) is 9. The maximum absolute atomic E-state index is 13.2. The molecule has 0 spiro atoms. The van der Waals surface area contributed by atoms with Gasteiger partial charge in [0.15, 0.2) is 0 Å². The number of rotatable bonds is 10. The lowest BCUT2D eigenvalue weighted by Crippen LogP contribution is -2.37. The fraction of sp³-hybridized carbons (Fsp3) is 0.550. The van der Waals surface area contributed by atoms with Crippen LogP contribution >= 0.6 is 10.0 Å². The third-order valence-electron chi connectivity index (χ3n) is 9.32. The van der Waals surface area contributed by atoms with Crippen LogP contribution in [0.5, 0.6) is 0 Å². The van der Waals surface area contributed by atoms with Gasteiger partial charge in [0.25, 0.3) is 0 Å². The number of carbonyl (C=O) groups excluding carboxylic acids is 2. The number of nitrogens with one attached hydrogen (secondary N) is 1. The highest BCUT2D eigenvalue weighted by Gasteiger charge is 2.37. The molecule has 2 aliphatic heterocycles. The molecule has 13 nitrogen and oxygen atoms in total. The number of hydrogen-bond donors (Lipinski definition) is 1. The van der Waals surface area contributed by atoms with Gasteiger partial charge >= 0.3 is 12.2 Å². The normalized spacial score (nSPS) is 18.3. The third kappa shape index (κ3) is 9.62. The molecule has 2 fully saturated rings. The Morgan fingerprint density at radius 3 is 1.93 bits per heavy atom. The molecule has 1 aromatic carbocycles. The maximum atomic E-state index is 13.2. The molecule has 1 unspecified atom stereocenters. The first-order valence-electron chi connectivity index (χ1n) is 18.7. The highest BCUT2D eigenvalue weighted by molar-refractivity contribution is 8.32. The Labute approximate surface area is 320 Å². The van der Waals surface area contributed by atoms with Gasteiger partial charge in [0, 0.05) is 24.4 Å². The molecule has 0 saturated carbocycles. The zero-order valence-electron chi connectivity index (χ0n) is 33.2. The van der Waals surface area contributed by atoms with Crippen molar-refractivity contribution in [3.05, 3.63) is 60.7 Å². The van der Waals surface area contributed by atoms with E-state index in [4.69, 9.17) is 29.2 Å². The van der Waals surface area contributed by atoms with Gasteiger partial charge in [-0.15, -0.1) is 0 Å². The molecule has 2 amide bonds. The fourth-order valence-electron chi connectivity index (χ4n) is 6.71. The minimum absolute atomic E-state index is 0.146. The van der Waals surface area contributed by atoms with Crippen LogP contribution in [0.25, 0.3) is 33.9 Å². The van der Waals surface area contributed by atoms with E-state index in [1.807, 2.05) is 76.6 Å². The SMILES string of the molecule is CC(C)(C)OC(=O)N1CCCC1c1ncc(-c2ccc(-c3cnc(-c4cnc([C@@H]5CCCN5C(=O)OC(C)(C)C)n4COCCS(C)(C)C)cn3)cc2)[nH]1. The van der Waals surface area contributed by atoms with E-state index in [0.717, 1.165) is 71.3 Å². The second-order valence-electron chi connectivity index (χ2n) is 17.0. The van der Waals surface area contributed by atoms with Gasteiger partial charge in [0.2, 0.25) is 0 Å². The standard InChI is InChI=1S/C40H56N8O5S/c1-39(2,3)52-37(49)46-18-10-12-32(46)35-43-23-30(45-35)28-16-14-27(15-17-28)29-22-42-31(24-41-29)34-25-44-36(48(34)26-51-20-21-54(7,8)9)33-13-11-19-47(33)38(50)53-40(4,5)6/h14-17,22-25,32-33H,10-13,18-21,26H2,1-9H3,(H,43,45)/t32?,33-/m0/s1. The summed E-state index contributed by atoms with van der Waals surface area (Å²) in [5.74, 6) is 2.50. The molecule has 14 heteroatoms. The summed E-state index contributed by atoms with van der Waals surface area (Å²) in [6.07, 6.45) is 16.7. The van der Waals surface area contributed by atoms with E-state index in [0.29, 0.717) is 32.1 Å². The Morgan fingerprint density at radius 1 is 0.759 bits per heavy atom. The second-order valence-corrected chi connectivity index (χ2v) is 21.6. The highest BCUT2D eigenvalue weighted by atomic mass is 32.3. The van der Waals surface area contributed by atoms with E-state index < -0.39 is 21.2 Å². The average Bonchev–Trinajstić information content (AvgIpc) is 3.91. The van der Waals surface area contributed by atoms with E-state index in [9.17, 15) is 9.59 Å². The summed E-state index contributed by atoms with van der Waals surface area (Å²) in [7, 11) is -0.717. The van der Waals surface area contributed by atoms with Gasteiger partial charge in [-0.05, 0) is 91.6 Å². The van der Waals surface area contributed by atoms with Crippen LogP contribution in [0.4, 0.5) is 9.59 Å². The third-order valence-corrected chi connectivity index (χ3v) is 10.7. The van der Waals surface area contributed by atoms with Crippen LogP contribution in [0.15, 0.2) is 49.1 Å². The number of aromatic nitrogens is 6. The second kappa shape index (κ2) is 15.7. The monoisotopic (exact) mass is 760 g/mol. The molecule has 4 aromatic rings. The molecular formula is C40H56N8O5S. The average molecular weight is 761 g/mol. The lowest BCUT2D eigenvalue weighted by Gasteiger charge is -2.29. The van der Waals surface area contributed by atoms with Crippen LogP contribution in [0.1, 0.15) is 91.0 Å². The van der Waals surface area contributed by atoms with Gasteiger partial charge in [0.1, 0.15) is 35.3 Å². The van der Waals surface area contributed by atoms with Crippen LogP contribution in [0, 0.1) is 0 Å². The van der Waals surface area contributed by atoms with E-state index >= 15 is 0 Å². The summed E-state index contributed by atoms with van der Waals surface area (Å²) in [6.45, 7) is 13.4. The summed E-state index contributed by atoms with van der Waals surface area (Å²) in [6, 6.07) is 7.70. The Kier molecular flexibility index (Phi) is 11.4. The summed E-state index contributed by atoms with van der Waals surface area (Å²) >= 11 is 0. The summed E-state index contributed by atoms with van der Waals surface area (Å²) in [4.78, 5) is 52.2. The number of amides is 2. The highest BCUT2D eigenvalue weighted by Crippen LogP contribution is 2.37. The predicted molar refractivity (Wildman–Crippen MR) is 212 cm³/mol. The molecule has 0 aliphatic carbocycles. The van der Waals surface area contributed by atoms with Crippen molar-refractivity contribution >= 4 is 22.2 Å². The molecule has 0 radical (unpaired) electrons. The van der Waals surface area contributed by atoms with Gasteiger partial charge < -0.3 is 23.8 Å². The number of ether oxygens (including phenoxy) is 3. The molecule has 2 aliphatic rings. The van der Waals surface area contributed by atoms with Gasteiger partial charge in [-0.25, -0.2) is 29.6 Å². The van der Waals surface area contributed by atoms with E-state index in [-0.39, 0.29) is 24.3 Å². The molecule has 3 aromatic heterocycles. The molecule has 5 heterocycles. The van der Waals surface area contributed by atoms with Crippen molar-refractivity contribution in [3.63, 3.8) is 0 Å². The smallest absolute Gasteiger partial charge is 0.410 e. The molecule has 292 valence electrons. The minimum Gasteiger partial charge on any atom is -0.444 e. The van der Waals surface area contributed by atoms with Crippen molar-refractivity contribution in [1.82, 2.24) is 39.3 Å². The fourth-order valence-corrected chi connectivity index (χ4v) is 7.33. The largest absolute Gasteiger partial charge is 0.444 e. The molecule has 1 N–H and O–H groups in total. The first-order valence-corrected chi connectivity index (χ1v) is 21.7. The summed E-state index contributed by atoms with van der Waals surface area (Å²) < 4.78 is 19.7. The van der Waals surface area contributed by atoms with Crippen LogP contribution in [0.3, 0.4) is 0 Å². The molecule has 2 atom stereocenters. The number of benzene rings is 1. The molecule has 2 saturated heterocycles. The number of nitrogens with zero attached hydrogens (tertiary/aromatic N) is 7. The number of carbonyl (C=O) groups is 2. The van der Waals surface area contributed by atoms with Crippen LogP contribution in [0.2, 0.25) is 0 Å². The van der Waals surface area contributed by atoms with Crippen molar-refractivity contribution in [2.75, 3.05) is 44.2 Å². The Hall–Kier alpha value is -4.43. The minimum atomic E-state index is -0.717. The van der Waals surface area contributed by atoms with Gasteiger partial charge in [-0.1, -0.05) is 24.3 Å². The Balaban J connectivity index is 1.18. The Morgan fingerprint density at radius 2 is 1.33 bits per heavy atom. The molecular weight excluding hydrogens is 705 g/mol. The number of H-pyrrole nitrogens is 1. The van der Waals surface area contributed by atoms with Gasteiger partial charge in [-0.2, -0.15) is 0 Å². The van der Waals surface area contributed by atoms with E-state index in [1.54, 1.807) is 28.4 Å². The quantitative estimate of drug-likeness (QED) is 0.158. The zero-order valence-corrected chi connectivity index (χ0v) is 34.0. The van der Waals surface area contributed by atoms with Crippen molar-refractivity contribution in [3.8, 4) is 33.9 Å². The summed E-state index contributed by atoms with van der Waals surface area (Å²) in [5, 5.41) is 0. The van der Waals surface area contributed by atoms with E-state index in [1.165, 1.54) is 0 Å². The van der Waals surface area contributed by atoms with Crippen LogP contribution < -0.4 is 0 Å². The topological polar surface area (TPSA) is 141 Å². The number of aromatic amines is 1. The zero-order chi connectivity index (χ0) is 38.8. The van der Waals surface area contributed by atoms with Crippen molar-refractivity contribution < 1.29 is 23.8 Å². The lowest BCUT2D eigenvalue weighted by molar-refractivity contribution is 0.0199. The van der Waals surface area contributed by atoms with Gasteiger partial charge in [0.05, 0.1) is 60.6 Å². The van der Waals surface area contributed by atoms with E-state index in [2.05, 4.69) is 28.7 Å². The Bertz CT molecular complexity index is 1900. The van der Waals surface area contributed by atoms with Crippen molar-refractivity contribution in [2.24, 2.45) is 0 Å². The molecule has 6 rings (SSSR count). The maximum Gasteiger partial charge on any atom is 0.410 e. The first kappa shape index (κ1) is 39.3. The number of likely N-dealkylation sites (tertiary alicyclic amines) is 2.